The predicted molar refractivity (Wildman–Crippen MR) is 99.5 cm³/mol. The summed E-state index contributed by atoms with van der Waals surface area (Å²) < 4.78 is 16.9. The molecule has 0 aliphatic rings. The summed E-state index contributed by atoms with van der Waals surface area (Å²) in [7, 11) is 1.50. The molecule has 2 aromatic heterocycles. The molecule has 0 radical (unpaired) electrons. The fourth-order valence-corrected chi connectivity index (χ4v) is 2.65. The zero-order valence-corrected chi connectivity index (χ0v) is 15.6. The molecule has 2 heterocycles. The predicted octanol–water partition coefficient (Wildman–Crippen LogP) is 1.20. The lowest BCUT2D eigenvalue weighted by Crippen LogP contribution is -2.27. The Morgan fingerprint density at radius 1 is 1.14 bits per heavy atom. The lowest BCUT2D eigenvalue weighted by atomic mass is 10.1. The van der Waals surface area contributed by atoms with Gasteiger partial charge < -0.3 is 0 Å². The first-order valence-corrected chi connectivity index (χ1v) is 8.73. The molecule has 0 aliphatic carbocycles. The average Bonchev–Trinajstić information content (AvgIpc) is 3.40. The van der Waals surface area contributed by atoms with E-state index in [1.165, 1.54) is 33.7 Å². The lowest BCUT2D eigenvalue weighted by molar-refractivity contribution is 0.0985. The third-order valence-corrected chi connectivity index (χ3v) is 4.23. The number of rotatable bonds is 9. The number of amides is 1. The van der Waals surface area contributed by atoms with Gasteiger partial charge in [-0.05, 0) is 6.07 Å². The number of hydrogen-bond donors (Lipinski definition) is 0. The average molecular weight is 399 g/mol. The van der Waals surface area contributed by atoms with Gasteiger partial charge >= 0.3 is 0 Å². The van der Waals surface area contributed by atoms with E-state index in [1.807, 2.05) is 0 Å². The molecule has 3 rings (SSSR count). The minimum absolute atomic E-state index is 0.0603. The van der Waals surface area contributed by atoms with E-state index in [9.17, 15) is 18.8 Å². The highest BCUT2D eigenvalue weighted by atomic mass is 19.1. The lowest BCUT2D eigenvalue weighted by Gasteiger charge is -2.14. The number of hydrogen-bond acceptors (Lipinski definition) is 7. The van der Waals surface area contributed by atoms with Gasteiger partial charge in [0.05, 0.1) is 24.5 Å². The Hall–Kier alpha value is -3.76. The number of aldehydes is 2. The van der Waals surface area contributed by atoms with Crippen LogP contribution in [-0.2, 0) is 13.1 Å². The largest absolute Gasteiger partial charge is 0.298 e. The highest BCUT2D eigenvalue weighted by Crippen LogP contribution is 2.15. The van der Waals surface area contributed by atoms with E-state index in [4.69, 9.17) is 0 Å². The first-order chi connectivity index (χ1) is 14.0. The molecular weight excluding hydrogens is 381 g/mol. The Morgan fingerprint density at radius 2 is 1.90 bits per heavy atom. The fraction of sp³-hybridized carbons (Fsp3) is 0.278. The molecule has 0 saturated carbocycles. The maximum atomic E-state index is 14.3. The third-order valence-electron chi connectivity index (χ3n) is 4.23. The second-order valence-corrected chi connectivity index (χ2v) is 6.28. The normalized spacial score (nSPS) is 11.8. The number of carbonyl (C=O) groups is 3. The summed E-state index contributed by atoms with van der Waals surface area (Å²) >= 11 is 0. The molecule has 0 aliphatic heterocycles. The van der Waals surface area contributed by atoms with Gasteiger partial charge in [-0.2, -0.15) is 0 Å². The van der Waals surface area contributed by atoms with Crippen LogP contribution in [-0.4, -0.2) is 61.7 Å². The van der Waals surface area contributed by atoms with E-state index in [1.54, 1.807) is 24.3 Å². The number of halogens is 1. The number of aromatic nitrogens is 6. The number of alkyl halides is 1. The summed E-state index contributed by atoms with van der Waals surface area (Å²) in [6.45, 7) is 0.194. The van der Waals surface area contributed by atoms with Crippen molar-refractivity contribution < 1.29 is 18.8 Å². The summed E-state index contributed by atoms with van der Waals surface area (Å²) in [5.74, 6) is -0.191. The number of carbonyl (C=O) groups excluding carboxylic acids is 3. The van der Waals surface area contributed by atoms with Crippen LogP contribution >= 0.6 is 0 Å². The van der Waals surface area contributed by atoms with E-state index in [0.717, 1.165) is 0 Å². The second kappa shape index (κ2) is 8.95. The van der Waals surface area contributed by atoms with Gasteiger partial charge in [0.1, 0.15) is 11.9 Å². The Morgan fingerprint density at radius 3 is 2.62 bits per heavy atom. The molecule has 0 bridgehead atoms. The highest BCUT2D eigenvalue weighted by molar-refractivity contribution is 6.09. The number of benzene rings is 1. The van der Waals surface area contributed by atoms with E-state index in [2.05, 4.69) is 20.6 Å². The van der Waals surface area contributed by atoms with Crippen molar-refractivity contribution in [2.75, 3.05) is 11.9 Å². The van der Waals surface area contributed by atoms with Crippen LogP contribution in [0.2, 0.25) is 0 Å². The van der Waals surface area contributed by atoms with Crippen LogP contribution in [0, 0.1) is 0 Å². The molecule has 1 amide bonds. The molecule has 29 heavy (non-hydrogen) atoms. The van der Waals surface area contributed by atoms with Crippen molar-refractivity contribution in [2.45, 2.75) is 25.7 Å². The monoisotopic (exact) mass is 399 g/mol. The van der Waals surface area contributed by atoms with Gasteiger partial charge in [-0.1, -0.05) is 28.6 Å². The van der Waals surface area contributed by atoms with Crippen molar-refractivity contribution in [3.63, 3.8) is 0 Å². The molecule has 10 nitrogen and oxygen atoms in total. The zero-order valence-electron chi connectivity index (χ0n) is 15.6. The van der Waals surface area contributed by atoms with E-state index >= 15 is 0 Å². The van der Waals surface area contributed by atoms with Crippen molar-refractivity contribution in [1.29, 1.82) is 0 Å². The van der Waals surface area contributed by atoms with Crippen molar-refractivity contribution in [2.24, 2.45) is 0 Å². The summed E-state index contributed by atoms with van der Waals surface area (Å²) in [4.78, 5) is 35.6. The van der Waals surface area contributed by atoms with Crippen LogP contribution < -0.4 is 4.90 Å². The van der Waals surface area contributed by atoms with Crippen LogP contribution in [0.3, 0.4) is 0 Å². The Bertz CT molecular complexity index is 1020. The molecule has 0 saturated heterocycles. The molecule has 0 fully saturated rings. The summed E-state index contributed by atoms with van der Waals surface area (Å²) in [5, 5.41) is 15.1. The Balaban J connectivity index is 1.59. The Kier molecular flexibility index (Phi) is 6.17. The van der Waals surface area contributed by atoms with E-state index in [-0.39, 0.29) is 42.1 Å². The molecule has 3 aromatic rings. The van der Waals surface area contributed by atoms with Gasteiger partial charge in [-0.25, -0.2) is 9.07 Å². The van der Waals surface area contributed by atoms with E-state index < -0.39 is 12.1 Å². The SMILES string of the molecule is CN(C(=O)c1ccccc1C=O)c1cn(CC(F)CCn2cc(C=O)nn2)nn1. The van der Waals surface area contributed by atoms with Crippen molar-refractivity contribution in [3.05, 3.63) is 53.5 Å². The standard InChI is InChI=1S/C18H18FN7O3/c1-24(18(29)16-5-3-2-4-13(16)11-27)17-10-26(23-21-17)8-14(19)6-7-25-9-15(12-28)20-22-25/h2-5,9-12,14H,6-8H2,1H3. The number of nitrogens with zero attached hydrogens (tertiary/aromatic N) is 7. The quantitative estimate of drug-likeness (QED) is 0.496. The summed E-state index contributed by atoms with van der Waals surface area (Å²) in [5.41, 5.74) is 0.696. The van der Waals surface area contributed by atoms with Gasteiger partial charge in [-0.3, -0.25) is 24.0 Å². The van der Waals surface area contributed by atoms with Gasteiger partial charge in [0, 0.05) is 25.6 Å². The van der Waals surface area contributed by atoms with Gasteiger partial charge in [-0.15, -0.1) is 10.2 Å². The van der Waals surface area contributed by atoms with Crippen LogP contribution in [0.1, 0.15) is 37.6 Å². The number of aryl methyl sites for hydroxylation is 1. The summed E-state index contributed by atoms with van der Waals surface area (Å²) in [6, 6.07) is 6.42. The minimum Gasteiger partial charge on any atom is -0.298 e. The molecule has 1 aromatic carbocycles. The van der Waals surface area contributed by atoms with Crippen LogP contribution in [0.15, 0.2) is 36.7 Å². The van der Waals surface area contributed by atoms with Crippen LogP contribution in [0.4, 0.5) is 10.2 Å². The van der Waals surface area contributed by atoms with Crippen molar-refractivity contribution in [3.8, 4) is 0 Å². The molecule has 1 unspecified atom stereocenters. The topological polar surface area (TPSA) is 116 Å². The second-order valence-electron chi connectivity index (χ2n) is 6.28. The smallest absolute Gasteiger partial charge is 0.259 e. The van der Waals surface area contributed by atoms with Crippen molar-refractivity contribution in [1.82, 2.24) is 30.0 Å². The minimum atomic E-state index is -1.25. The van der Waals surface area contributed by atoms with Crippen LogP contribution in [0.25, 0.3) is 0 Å². The maximum absolute atomic E-state index is 14.3. The van der Waals surface area contributed by atoms with Gasteiger partial charge in [0.25, 0.3) is 5.91 Å². The Labute approximate surface area is 164 Å². The first-order valence-electron chi connectivity index (χ1n) is 8.73. The fourth-order valence-electron chi connectivity index (χ4n) is 2.65. The van der Waals surface area contributed by atoms with Gasteiger partial charge in [0.15, 0.2) is 18.4 Å². The first kappa shape index (κ1) is 20.0. The maximum Gasteiger partial charge on any atom is 0.259 e. The third kappa shape index (κ3) is 4.75. The number of anilines is 1. The zero-order chi connectivity index (χ0) is 20.8. The summed E-state index contributed by atoms with van der Waals surface area (Å²) in [6.07, 6.45) is 2.96. The highest BCUT2D eigenvalue weighted by Gasteiger charge is 2.19. The molecule has 150 valence electrons. The molecule has 11 heteroatoms. The molecule has 0 N–H and O–H groups in total. The van der Waals surface area contributed by atoms with Crippen LogP contribution in [0.5, 0.6) is 0 Å². The molecule has 1 atom stereocenters. The van der Waals surface area contributed by atoms with Gasteiger partial charge in [0.2, 0.25) is 0 Å². The van der Waals surface area contributed by atoms with E-state index in [0.29, 0.717) is 12.6 Å². The van der Waals surface area contributed by atoms with Crippen molar-refractivity contribution >= 4 is 24.3 Å². The molecular formula is C18H18FN7O3. The molecule has 0 spiro atoms.